The fraction of sp³-hybridized carbons (Fsp3) is 0.750. The largest absolute Gasteiger partial charge is 1.00 e. The second kappa shape index (κ2) is 16.7. The van der Waals surface area contributed by atoms with E-state index >= 15 is 0 Å². The Kier molecular flexibility index (Phi) is 43.8. The smallest absolute Gasteiger partial charge is 0 e. The Hall–Kier alpha value is 0.999. The van der Waals surface area contributed by atoms with Crippen molar-refractivity contribution in [2.75, 3.05) is 0 Å². The molecule has 0 aliphatic carbocycles. The number of halogens is 1. The Labute approximate surface area is 60.9 Å². The van der Waals surface area contributed by atoms with Gasteiger partial charge in [0.1, 0.15) is 0 Å². The van der Waals surface area contributed by atoms with Crippen molar-refractivity contribution in [2.45, 2.75) is 20.3 Å². The molecule has 0 unspecified atom stereocenters. The first-order valence-corrected chi connectivity index (χ1v) is 1.69. The molecule has 0 rings (SSSR count). The maximum absolute atomic E-state index is 2.12. The normalized spacial score (nSPS) is 5.00. The summed E-state index contributed by atoms with van der Waals surface area (Å²) in [5.74, 6) is 0. The molecule has 0 nitrogen and oxygen atoms in total. The molecule has 0 aromatic rings. The Bertz CT molecular complexity index is 9.51. The Morgan fingerprint density at radius 1 is 1.50 bits per heavy atom. The van der Waals surface area contributed by atoms with Gasteiger partial charge in [-0.2, -0.15) is 0 Å². The first kappa shape index (κ1) is 15.8. The summed E-state index contributed by atoms with van der Waals surface area (Å²) in [7, 11) is 0. The fourth-order valence-corrected chi connectivity index (χ4v) is 0. The minimum atomic E-state index is 0. The van der Waals surface area contributed by atoms with Crippen molar-refractivity contribution >= 4 is 0 Å². The van der Waals surface area contributed by atoms with E-state index in [0.29, 0.717) is 0 Å². The van der Waals surface area contributed by atoms with E-state index < -0.39 is 0 Å². The first-order valence-electron chi connectivity index (χ1n) is 1.69. The van der Waals surface area contributed by atoms with Crippen LogP contribution in [0.25, 0.3) is 0 Å². The molecule has 0 N–H and O–H groups in total. The van der Waals surface area contributed by atoms with Gasteiger partial charge in [0.15, 0.2) is 0 Å². The maximum Gasteiger partial charge on any atom is 0 e. The molecule has 40 valence electrons. The molecule has 0 heterocycles. The van der Waals surface area contributed by atoms with Crippen molar-refractivity contribution in [3.63, 3.8) is 0 Å². The topological polar surface area (TPSA) is 0 Å². The van der Waals surface area contributed by atoms with Gasteiger partial charge in [-0.25, -0.2) is 0 Å². The van der Waals surface area contributed by atoms with E-state index in [1.54, 1.807) is 0 Å². The number of hydrogen-bond acceptors (Lipinski definition) is 0. The summed E-state index contributed by atoms with van der Waals surface area (Å²) in [4.78, 5) is 0. The van der Waals surface area contributed by atoms with Crippen LogP contribution in [0.1, 0.15) is 20.3 Å². The molecular formula is C4H9BrMn-. The van der Waals surface area contributed by atoms with Gasteiger partial charge in [0.25, 0.3) is 0 Å². The molecule has 0 amide bonds. The molecule has 0 bridgehead atoms. The molecular weight excluding hydrogens is 183 g/mol. The summed E-state index contributed by atoms with van der Waals surface area (Å²) in [6.45, 7) is 4.18. The molecule has 0 spiro atoms. The van der Waals surface area contributed by atoms with Gasteiger partial charge < -0.3 is 17.0 Å². The van der Waals surface area contributed by atoms with Gasteiger partial charge in [0.05, 0.1) is 0 Å². The molecule has 0 aliphatic heterocycles. The minimum absolute atomic E-state index is 0. The van der Waals surface area contributed by atoms with Gasteiger partial charge in [-0.1, -0.05) is 20.3 Å². The first-order chi connectivity index (χ1) is 1.91. The van der Waals surface area contributed by atoms with Gasteiger partial charge in [-0.05, 0) is 6.42 Å². The quantitative estimate of drug-likeness (QED) is 0.449. The van der Waals surface area contributed by atoms with Crippen molar-refractivity contribution in [3.8, 4) is 0 Å². The second-order valence-corrected chi connectivity index (χ2v) is 0.816. The van der Waals surface area contributed by atoms with Crippen molar-refractivity contribution in [1.82, 2.24) is 0 Å². The minimum Gasteiger partial charge on any atom is -1.00 e. The van der Waals surface area contributed by atoms with Crippen LogP contribution in [0.4, 0.5) is 0 Å². The third-order valence-electron chi connectivity index (χ3n) is 0.408. The zero-order valence-corrected chi connectivity index (χ0v) is 6.81. The van der Waals surface area contributed by atoms with E-state index in [1.807, 2.05) is 0 Å². The molecule has 0 aromatic heterocycles. The standard InChI is InChI=1S/C4H9.BrH.Mn/c1-3-4-2;;/h3H,4H2,1-2H3;1H;/p-1. The van der Waals surface area contributed by atoms with Gasteiger partial charge in [-0.3, -0.25) is 0 Å². The van der Waals surface area contributed by atoms with Crippen LogP contribution in [0.5, 0.6) is 0 Å². The van der Waals surface area contributed by atoms with E-state index in [9.17, 15) is 0 Å². The van der Waals surface area contributed by atoms with Crippen LogP contribution < -0.4 is 17.0 Å². The van der Waals surface area contributed by atoms with Crippen LogP contribution in [0.3, 0.4) is 0 Å². The van der Waals surface area contributed by atoms with E-state index in [-0.39, 0.29) is 34.1 Å². The van der Waals surface area contributed by atoms with E-state index in [0.717, 1.165) is 0 Å². The molecule has 0 atom stereocenters. The number of rotatable bonds is 1. The van der Waals surface area contributed by atoms with Crippen molar-refractivity contribution < 1.29 is 34.1 Å². The number of hydrogen-bond donors (Lipinski definition) is 0. The second-order valence-electron chi connectivity index (χ2n) is 0.816. The van der Waals surface area contributed by atoms with Gasteiger partial charge in [-0.15, -0.1) is 0 Å². The van der Waals surface area contributed by atoms with Crippen LogP contribution >= 0.6 is 0 Å². The summed E-state index contributed by atoms with van der Waals surface area (Å²) < 4.78 is 0. The van der Waals surface area contributed by atoms with Crippen LogP contribution in [-0.2, 0) is 17.1 Å². The summed E-state index contributed by atoms with van der Waals surface area (Å²) in [6.07, 6.45) is 3.32. The summed E-state index contributed by atoms with van der Waals surface area (Å²) >= 11 is 0. The maximum atomic E-state index is 2.12. The third kappa shape index (κ3) is 20.0. The van der Waals surface area contributed by atoms with Gasteiger partial charge >= 0.3 is 0 Å². The average molecular weight is 192 g/mol. The van der Waals surface area contributed by atoms with E-state index in [1.165, 1.54) is 6.42 Å². The Morgan fingerprint density at radius 2 is 1.67 bits per heavy atom. The molecule has 6 heavy (non-hydrogen) atoms. The van der Waals surface area contributed by atoms with Gasteiger partial charge in [0, 0.05) is 17.1 Å². The molecule has 0 fully saturated rings. The molecule has 0 aliphatic rings. The van der Waals surface area contributed by atoms with Crippen LogP contribution in [0, 0.1) is 6.42 Å². The SMILES string of the molecule is C[CH]CC.[Br-].[Mn]. The van der Waals surface area contributed by atoms with Crippen molar-refractivity contribution in [3.05, 3.63) is 6.42 Å². The van der Waals surface area contributed by atoms with Crippen LogP contribution in [-0.4, -0.2) is 0 Å². The molecule has 0 saturated heterocycles. The number of unbranched alkanes of at least 4 members (excludes halogenated alkanes) is 1. The summed E-state index contributed by atoms with van der Waals surface area (Å²) in [5.41, 5.74) is 0. The van der Waals surface area contributed by atoms with E-state index in [4.69, 9.17) is 0 Å². The van der Waals surface area contributed by atoms with Gasteiger partial charge in [0.2, 0.25) is 0 Å². The van der Waals surface area contributed by atoms with Crippen molar-refractivity contribution in [1.29, 1.82) is 0 Å². The van der Waals surface area contributed by atoms with Crippen LogP contribution in [0.2, 0.25) is 0 Å². The van der Waals surface area contributed by atoms with Crippen molar-refractivity contribution in [2.24, 2.45) is 0 Å². The summed E-state index contributed by atoms with van der Waals surface area (Å²) in [6, 6.07) is 0. The van der Waals surface area contributed by atoms with Crippen LogP contribution in [0.15, 0.2) is 0 Å². The molecule has 0 aromatic carbocycles. The Morgan fingerprint density at radius 3 is 1.67 bits per heavy atom. The zero-order chi connectivity index (χ0) is 3.41. The molecule has 2 radical (unpaired) electrons. The molecule has 0 saturated carbocycles. The third-order valence-corrected chi connectivity index (χ3v) is 0.408. The summed E-state index contributed by atoms with van der Waals surface area (Å²) in [5, 5.41) is 0. The van der Waals surface area contributed by atoms with E-state index in [2.05, 4.69) is 20.3 Å². The zero-order valence-electron chi connectivity index (χ0n) is 4.04. The predicted molar refractivity (Wildman–Crippen MR) is 20.3 cm³/mol. The molecule has 2 heteroatoms. The predicted octanol–water partition coefficient (Wildman–Crippen LogP) is -1.38. The fourth-order valence-electron chi connectivity index (χ4n) is 0. The average Bonchev–Trinajstić information content (AvgIpc) is 1.37. The monoisotopic (exact) mass is 191 g/mol. The Balaban J connectivity index is -0.0000000450.